The van der Waals surface area contributed by atoms with Gasteiger partial charge in [0.1, 0.15) is 5.78 Å². The fourth-order valence-electron chi connectivity index (χ4n) is 2.66. The van der Waals surface area contributed by atoms with Crippen LogP contribution in [0.3, 0.4) is 0 Å². The molecule has 2 aromatic rings. The SMILES string of the molecule is CCO[P@](=O)(c1ccccc1)[C@](O)(CC(C)=O)c1cccc(Cl)c1. The van der Waals surface area contributed by atoms with Crippen molar-refractivity contribution in [3.05, 3.63) is 65.2 Å². The minimum absolute atomic E-state index is 0.132. The Morgan fingerprint density at radius 1 is 1.21 bits per heavy atom. The van der Waals surface area contributed by atoms with Gasteiger partial charge in [0.15, 0.2) is 5.34 Å². The summed E-state index contributed by atoms with van der Waals surface area (Å²) in [6, 6.07) is 14.9. The molecule has 1 N–H and O–H groups in total. The number of carbonyl (C=O) groups is 1. The summed E-state index contributed by atoms with van der Waals surface area (Å²) < 4.78 is 19.4. The van der Waals surface area contributed by atoms with E-state index in [4.69, 9.17) is 16.1 Å². The largest absolute Gasteiger partial charge is 0.374 e. The molecular weight excluding hydrogens is 347 g/mol. The maximum Gasteiger partial charge on any atom is 0.267 e. The third-order valence-corrected chi connectivity index (χ3v) is 6.90. The van der Waals surface area contributed by atoms with Gasteiger partial charge in [0.2, 0.25) is 0 Å². The van der Waals surface area contributed by atoms with E-state index in [0.717, 1.165) is 0 Å². The summed E-state index contributed by atoms with van der Waals surface area (Å²) in [4.78, 5) is 11.8. The van der Waals surface area contributed by atoms with Gasteiger partial charge in [-0.05, 0) is 43.7 Å². The van der Waals surface area contributed by atoms with E-state index >= 15 is 0 Å². The molecule has 0 aromatic heterocycles. The van der Waals surface area contributed by atoms with Gasteiger partial charge in [-0.2, -0.15) is 0 Å². The van der Waals surface area contributed by atoms with E-state index < -0.39 is 12.7 Å². The van der Waals surface area contributed by atoms with Crippen LogP contribution < -0.4 is 5.30 Å². The molecule has 2 atom stereocenters. The van der Waals surface area contributed by atoms with E-state index in [9.17, 15) is 14.5 Å². The van der Waals surface area contributed by atoms with Crippen molar-refractivity contribution < 1.29 is 19.0 Å². The number of benzene rings is 2. The number of hydrogen-bond acceptors (Lipinski definition) is 4. The van der Waals surface area contributed by atoms with Crippen LogP contribution in [0.15, 0.2) is 54.6 Å². The lowest BCUT2D eigenvalue weighted by atomic mass is 10.0. The van der Waals surface area contributed by atoms with Crippen molar-refractivity contribution in [2.24, 2.45) is 0 Å². The number of Topliss-reactive ketones (excluding diaryl/α,β-unsaturated/α-hetero) is 1. The normalized spacial score (nSPS) is 16.2. The molecule has 0 saturated heterocycles. The summed E-state index contributed by atoms with van der Waals surface area (Å²) in [7, 11) is -3.81. The molecule has 4 nitrogen and oxygen atoms in total. The van der Waals surface area contributed by atoms with Gasteiger partial charge >= 0.3 is 0 Å². The van der Waals surface area contributed by atoms with E-state index in [-0.39, 0.29) is 18.8 Å². The van der Waals surface area contributed by atoms with Crippen LogP contribution in [-0.2, 0) is 19.2 Å². The number of ketones is 1. The smallest absolute Gasteiger partial charge is 0.267 e. The molecule has 0 radical (unpaired) electrons. The van der Waals surface area contributed by atoms with Crippen molar-refractivity contribution in [1.82, 2.24) is 0 Å². The molecule has 2 rings (SSSR count). The van der Waals surface area contributed by atoms with Crippen LogP contribution in [0.4, 0.5) is 0 Å². The summed E-state index contributed by atoms with van der Waals surface area (Å²) in [5.41, 5.74) is 0.297. The Balaban J connectivity index is 2.71. The second kappa shape index (κ2) is 7.62. The van der Waals surface area contributed by atoms with Crippen molar-refractivity contribution in [2.45, 2.75) is 25.6 Å². The molecule has 2 aromatic carbocycles. The Labute approximate surface area is 146 Å². The molecule has 0 fully saturated rings. The van der Waals surface area contributed by atoms with Crippen LogP contribution in [0.2, 0.25) is 5.02 Å². The van der Waals surface area contributed by atoms with Crippen molar-refractivity contribution in [1.29, 1.82) is 0 Å². The highest BCUT2D eigenvalue weighted by atomic mass is 35.5. The van der Waals surface area contributed by atoms with Gasteiger partial charge in [0.05, 0.1) is 6.61 Å². The molecule has 0 aliphatic heterocycles. The van der Waals surface area contributed by atoms with Gasteiger partial charge in [-0.3, -0.25) is 9.36 Å². The Kier molecular flexibility index (Phi) is 6.00. The predicted octanol–water partition coefficient (Wildman–Crippen LogP) is 4.10. The molecule has 0 bridgehead atoms. The van der Waals surface area contributed by atoms with Crippen molar-refractivity contribution in [3.63, 3.8) is 0 Å². The van der Waals surface area contributed by atoms with Crippen molar-refractivity contribution in [2.75, 3.05) is 6.61 Å². The molecule has 128 valence electrons. The fourth-order valence-corrected chi connectivity index (χ4v) is 5.48. The highest BCUT2D eigenvalue weighted by Gasteiger charge is 2.51. The fraction of sp³-hybridized carbons (Fsp3) is 0.278. The van der Waals surface area contributed by atoms with Gasteiger partial charge in [-0.25, -0.2) is 0 Å². The van der Waals surface area contributed by atoms with Gasteiger partial charge in [-0.1, -0.05) is 41.9 Å². The molecule has 0 spiro atoms. The molecule has 6 heteroatoms. The maximum absolute atomic E-state index is 13.8. The Morgan fingerprint density at radius 3 is 2.42 bits per heavy atom. The lowest BCUT2D eigenvalue weighted by molar-refractivity contribution is -0.120. The predicted molar refractivity (Wildman–Crippen MR) is 96.0 cm³/mol. The number of aliphatic hydroxyl groups is 1. The first-order valence-electron chi connectivity index (χ1n) is 7.61. The summed E-state index contributed by atoms with van der Waals surface area (Å²) >= 11 is 6.03. The van der Waals surface area contributed by atoms with Gasteiger partial charge in [0, 0.05) is 16.7 Å². The standard InChI is InChI=1S/C18H20ClO4P/c1-3-23-24(22,17-10-5-4-6-11-17)18(21,13-14(2)20)15-8-7-9-16(19)12-15/h4-12,21H,3,13H2,1-2H3/t18-,24-/m1/s1. The molecule has 0 saturated carbocycles. The molecule has 0 unspecified atom stereocenters. The quantitative estimate of drug-likeness (QED) is 0.749. The topological polar surface area (TPSA) is 63.6 Å². The zero-order valence-corrected chi connectivity index (χ0v) is 15.3. The number of halogens is 1. The first kappa shape index (κ1) is 18.9. The van der Waals surface area contributed by atoms with Crippen molar-refractivity contribution >= 4 is 30.1 Å². The third-order valence-electron chi connectivity index (χ3n) is 3.68. The van der Waals surface area contributed by atoms with Gasteiger partial charge in [0.25, 0.3) is 7.37 Å². The van der Waals surface area contributed by atoms with E-state index in [1.54, 1.807) is 55.5 Å². The molecule has 0 amide bonds. The number of rotatable bonds is 7. The summed E-state index contributed by atoms with van der Waals surface area (Å²) in [6.45, 7) is 3.17. The maximum atomic E-state index is 13.8. The average Bonchev–Trinajstić information content (AvgIpc) is 2.55. The Morgan fingerprint density at radius 2 is 1.88 bits per heavy atom. The van der Waals surface area contributed by atoms with E-state index in [1.807, 2.05) is 0 Å². The highest BCUT2D eigenvalue weighted by molar-refractivity contribution is 7.68. The monoisotopic (exact) mass is 366 g/mol. The third kappa shape index (κ3) is 3.62. The lowest BCUT2D eigenvalue weighted by Crippen LogP contribution is -2.34. The summed E-state index contributed by atoms with van der Waals surface area (Å²) in [6.07, 6.45) is -0.334. The molecule has 24 heavy (non-hydrogen) atoms. The number of carbonyl (C=O) groups excluding carboxylic acids is 1. The summed E-state index contributed by atoms with van der Waals surface area (Å²) in [5, 5.41) is 10.2. The van der Waals surface area contributed by atoms with Gasteiger partial charge in [-0.15, -0.1) is 0 Å². The van der Waals surface area contributed by atoms with Crippen LogP contribution in [0, 0.1) is 0 Å². The van der Waals surface area contributed by atoms with Gasteiger partial charge < -0.3 is 9.63 Å². The number of hydrogen-bond donors (Lipinski definition) is 1. The van der Waals surface area contributed by atoms with Crippen LogP contribution in [-0.4, -0.2) is 17.5 Å². The second-order valence-corrected chi connectivity index (χ2v) is 8.56. The first-order chi connectivity index (χ1) is 11.3. The summed E-state index contributed by atoms with van der Waals surface area (Å²) in [5.74, 6) is -0.298. The van der Waals surface area contributed by atoms with E-state index in [2.05, 4.69) is 0 Å². The Hall–Kier alpha value is -1.45. The van der Waals surface area contributed by atoms with E-state index in [1.165, 1.54) is 13.0 Å². The lowest BCUT2D eigenvalue weighted by Gasteiger charge is -2.35. The average molecular weight is 367 g/mol. The molecular formula is C18H20ClO4P. The zero-order chi connectivity index (χ0) is 17.8. The first-order valence-corrected chi connectivity index (χ1v) is 9.62. The molecule has 0 heterocycles. The minimum Gasteiger partial charge on any atom is -0.374 e. The van der Waals surface area contributed by atoms with Crippen LogP contribution in [0.5, 0.6) is 0 Å². The highest BCUT2D eigenvalue weighted by Crippen LogP contribution is 2.63. The van der Waals surface area contributed by atoms with Crippen LogP contribution >= 0.6 is 19.0 Å². The second-order valence-electron chi connectivity index (χ2n) is 5.51. The zero-order valence-electron chi connectivity index (χ0n) is 13.6. The molecule has 0 aliphatic carbocycles. The van der Waals surface area contributed by atoms with Crippen LogP contribution in [0.25, 0.3) is 0 Å². The molecule has 0 aliphatic rings. The Bertz CT molecular complexity index is 763. The minimum atomic E-state index is -3.81. The van der Waals surface area contributed by atoms with E-state index in [0.29, 0.717) is 15.9 Å². The van der Waals surface area contributed by atoms with Crippen molar-refractivity contribution in [3.8, 4) is 0 Å². The van der Waals surface area contributed by atoms with Crippen LogP contribution in [0.1, 0.15) is 25.8 Å².